The molecule has 24 heavy (non-hydrogen) atoms. The maximum Gasteiger partial charge on any atom is 0.248 e. The van der Waals surface area contributed by atoms with Gasteiger partial charge >= 0.3 is 0 Å². The van der Waals surface area contributed by atoms with Crippen molar-refractivity contribution in [2.45, 2.75) is 6.54 Å². The van der Waals surface area contributed by atoms with Gasteiger partial charge in [-0.2, -0.15) is 0 Å². The van der Waals surface area contributed by atoms with Crippen molar-refractivity contribution in [2.75, 3.05) is 26.2 Å². The third-order valence-corrected chi connectivity index (χ3v) is 3.83. The number of hydrogen-bond donors (Lipinski definition) is 0. The van der Waals surface area contributed by atoms with Crippen molar-refractivity contribution >= 4 is 22.6 Å². The summed E-state index contributed by atoms with van der Waals surface area (Å²) in [4.78, 5) is 14.1. The lowest BCUT2D eigenvalue weighted by molar-refractivity contribution is -0.119. The number of anilines is 1. The second-order valence-corrected chi connectivity index (χ2v) is 5.23. The van der Waals surface area contributed by atoms with Gasteiger partial charge in [0, 0.05) is 18.8 Å². The van der Waals surface area contributed by atoms with Crippen LogP contribution < -0.4 is 14.4 Å². The number of amides is 1. The first-order valence-corrected chi connectivity index (χ1v) is 7.41. The van der Waals surface area contributed by atoms with Gasteiger partial charge in [-0.05, 0) is 24.3 Å². The molecule has 2 aromatic carbocycles. The highest BCUT2D eigenvalue weighted by Crippen LogP contribution is 2.31. The van der Waals surface area contributed by atoms with Crippen LogP contribution in [0.5, 0.6) is 11.5 Å². The molecule has 0 atom stereocenters. The minimum Gasteiger partial charge on any atom is -0.493 e. The topological polar surface area (TPSA) is 69.5 Å². The van der Waals surface area contributed by atoms with Crippen LogP contribution in [-0.4, -0.2) is 42.2 Å². The molecule has 7 nitrogen and oxygen atoms in total. The number of fused-ring (bicyclic) bond motifs is 1. The third kappa shape index (κ3) is 2.88. The van der Waals surface area contributed by atoms with Crippen LogP contribution in [0.4, 0.5) is 5.69 Å². The molecule has 0 aliphatic rings. The van der Waals surface area contributed by atoms with Crippen molar-refractivity contribution in [1.82, 2.24) is 15.0 Å². The summed E-state index contributed by atoms with van der Waals surface area (Å²) < 4.78 is 12.1. The molecule has 3 aromatic rings. The molecule has 1 aromatic heterocycles. The van der Waals surface area contributed by atoms with Crippen LogP contribution in [0.15, 0.2) is 42.5 Å². The molecule has 0 radical (unpaired) electrons. The number of carbonyl (C=O) groups excluding carboxylic acids is 1. The van der Waals surface area contributed by atoms with Crippen molar-refractivity contribution in [3.8, 4) is 11.5 Å². The maximum absolute atomic E-state index is 12.6. The number of ether oxygens (including phenoxy) is 2. The minimum absolute atomic E-state index is 0.103. The first-order valence-electron chi connectivity index (χ1n) is 7.41. The summed E-state index contributed by atoms with van der Waals surface area (Å²) in [6.45, 7) is 0.103. The average molecular weight is 326 g/mol. The lowest BCUT2D eigenvalue weighted by atomic mass is 10.2. The number of aromatic nitrogens is 3. The van der Waals surface area contributed by atoms with Crippen LogP contribution in [-0.2, 0) is 11.3 Å². The molecule has 0 N–H and O–H groups in total. The number of benzene rings is 2. The molecule has 1 heterocycles. The van der Waals surface area contributed by atoms with E-state index in [1.807, 2.05) is 24.3 Å². The van der Waals surface area contributed by atoms with Gasteiger partial charge in [0.05, 0.1) is 19.7 Å². The van der Waals surface area contributed by atoms with E-state index in [4.69, 9.17) is 9.47 Å². The molecule has 0 saturated heterocycles. The van der Waals surface area contributed by atoms with E-state index < -0.39 is 0 Å². The Labute approximate surface area is 139 Å². The Kier molecular flexibility index (Phi) is 4.33. The quantitative estimate of drug-likeness (QED) is 0.718. The third-order valence-electron chi connectivity index (χ3n) is 3.83. The van der Waals surface area contributed by atoms with Crippen molar-refractivity contribution in [2.24, 2.45) is 0 Å². The van der Waals surface area contributed by atoms with Crippen molar-refractivity contribution < 1.29 is 14.3 Å². The molecule has 0 aliphatic carbocycles. The zero-order valence-electron chi connectivity index (χ0n) is 13.8. The maximum atomic E-state index is 12.6. The lowest BCUT2D eigenvalue weighted by Gasteiger charge is -2.19. The van der Waals surface area contributed by atoms with E-state index in [0.717, 1.165) is 11.0 Å². The Morgan fingerprint density at radius 2 is 1.88 bits per heavy atom. The summed E-state index contributed by atoms with van der Waals surface area (Å²) in [5, 5.41) is 8.11. The number of methoxy groups -OCH3 is 2. The molecule has 1 amide bonds. The molecule has 0 unspecified atom stereocenters. The number of likely N-dealkylation sites (N-methyl/N-ethyl adjacent to an activating group) is 1. The number of carbonyl (C=O) groups is 1. The van der Waals surface area contributed by atoms with Crippen LogP contribution in [0.25, 0.3) is 11.0 Å². The minimum atomic E-state index is -0.113. The fourth-order valence-corrected chi connectivity index (χ4v) is 2.45. The van der Waals surface area contributed by atoms with Gasteiger partial charge in [-0.1, -0.05) is 17.3 Å². The normalized spacial score (nSPS) is 10.6. The summed E-state index contributed by atoms with van der Waals surface area (Å²) >= 11 is 0. The Morgan fingerprint density at radius 1 is 1.12 bits per heavy atom. The second kappa shape index (κ2) is 6.57. The Hall–Kier alpha value is -3.09. The SMILES string of the molecule is COc1ccc(N(C)C(=O)Cn2nnc3ccccc32)cc1OC. The van der Waals surface area contributed by atoms with E-state index in [0.29, 0.717) is 17.2 Å². The highest BCUT2D eigenvalue weighted by molar-refractivity contribution is 5.93. The van der Waals surface area contributed by atoms with Gasteiger partial charge in [0.2, 0.25) is 5.91 Å². The molecule has 124 valence electrons. The van der Waals surface area contributed by atoms with E-state index in [-0.39, 0.29) is 12.5 Å². The van der Waals surface area contributed by atoms with Gasteiger partial charge in [-0.15, -0.1) is 5.10 Å². The Morgan fingerprint density at radius 3 is 2.62 bits per heavy atom. The predicted molar refractivity (Wildman–Crippen MR) is 90.5 cm³/mol. The van der Waals surface area contributed by atoms with Gasteiger partial charge in [-0.25, -0.2) is 4.68 Å². The number of para-hydroxylation sites is 1. The molecule has 0 aliphatic heterocycles. The monoisotopic (exact) mass is 326 g/mol. The van der Waals surface area contributed by atoms with Gasteiger partial charge in [-0.3, -0.25) is 4.79 Å². The first kappa shape index (κ1) is 15.8. The number of rotatable bonds is 5. The van der Waals surface area contributed by atoms with Crippen LogP contribution in [0.2, 0.25) is 0 Å². The number of nitrogens with zero attached hydrogens (tertiary/aromatic N) is 4. The molecular weight excluding hydrogens is 308 g/mol. The van der Waals surface area contributed by atoms with E-state index in [9.17, 15) is 4.79 Å². The van der Waals surface area contributed by atoms with E-state index in [1.165, 1.54) is 0 Å². The summed E-state index contributed by atoms with van der Waals surface area (Å²) in [6.07, 6.45) is 0. The molecule has 3 rings (SSSR count). The molecule has 0 spiro atoms. The van der Waals surface area contributed by atoms with Gasteiger partial charge in [0.15, 0.2) is 11.5 Å². The highest BCUT2D eigenvalue weighted by atomic mass is 16.5. The van der Waals surface area contributed by atoms with Crippen LogP contribution in [0.3, 0.4) is 0 Å². The summed E-state index contributed by atoms with van der Waals surface area (Å²) in [5.74, 6) is 1.07. The zero-order chi connectivity index (χ0) is 17.1. The Balaban J connectivity index is 1.82. The molecule has 0 fully saturated rings. The molecular formula is C17H18N4O3. The second-order valence-electron chi connectivity index (χ2n) is 5.23. The van der Waals surface area contributed by atoms with Gasteiger partial charge in [0.1, 0.15) is 12.1 Å². The summed E-state index contributed by atoms with van der Waals surface area (Å²) in [5.41, 5.74) is 2.30. The zero-order valence-corrected chi connectivity index (χ0v) is 13.8. The van der Waals surface area contributed by atoms with Crippen LogP contribution >= 0.6 is 0 Å². The first-order chi connectivity index (χ1) is 11.6. The smallest absolute Gasteiger partial charge is 0.248 e. The Bertz CT molecular complexity index is 875. The van der Waals surface area contributed by atoms with Gasteiger partial charge < -0.3 is 14.4 Å². The van der Waals surface area contributed by atoms with Crippen molar-refractivity contribution in [1.29, 1.82) is 0 Å². The fraction of sp³-hybridized carbons (Fsp3) is 0.235. The largest absolute Gasteiger partial charge is 0.493 e. The van der Waals surface area contributed by atoms with Crippen LogP contribution in [0, 0.1) is 0 Å². The van der Waals surface area contributed by atoms with Crippen molar-refractivity contribution in [3.63, 3.8) is 0 Å². The lowest BCUT2D eigenvalue weighted by Crippen LogP contribution is -2.30. The van der Waals surface area contributed by atoms with E-state index in [2.05, 4.69) is 10.3 Å². The van der Waals surface area contributed by atoms with Crippen molar-refractivity contribution in [3.05, 3.63) is 42.5 Å². The molecule has 0 bridgehead atoms. The predicted octanol–water partition coefficient (Wildman–Crippen LogP) is 2.11. The van der Waals surface area contributed by atoms with Crippen LogP contribution in [0.1, 0.15) is 0 Å². The van der Waals surface area contributed by atoms with Gasteiger partial charge in [0.25, 0.3) is 0 Å². The fourth-order valence-electron chi connectivity index (χ4n) is 2.45. The number of hydrogen-bond acceptors (Lipinski definition) is 5. The standard InChI is InChI=1S/C17H18N4O3/c1-20(12-8-9-15(23-2)16(10-12)24-3)17(22)11-21-14-7-5-4-6-13(14)18-19-21/h4-10H,11H2,1-3H3. The van der Waals surface area contributed by atoms with E-state index >= 15 is 0 Å². The molecule has 0 saturated carbocycles. The molecule has 7 heteroatoms. The highest BCUT2D eigenvalue weighted by Gasteiger charge is 2.16. The van der Waals surface area contributed by atoms with E-state index in [1.54, 1.807) is 49.0 Å². The average Bonchev–Trinajstić information content (AvgIpc) is 3.03. The summed E-state index contributed by atoms with van der Waals surface area (Å²) in [7, 11) is 4.84. The summed E-state index contributed by atoms with van der Waals surface area (Å²) in [6, 6.07) is 12.9.